The van der Waals surface area contributed by atoms with Crippen LogP contribution in [-0.4, -0.2) is 24.4 Å². The summed E-state index contributed by atoms with van der Waals surface area (Å²) in [6.07, 6.45) is 3.20. The van der Waals surface area contributed by atoms with Gasteiger partial charge in [0.1, 0.15) is 0 Å². The molecule has 0 heterocycles. The van der Waals surface area contributed by atoms with Crippen molar-refractivity contribution in [3.63, 3.8) is 0 Å². The second-order valence-corrected chi connectivity index (χ2v) is 2.76. The Morgan fingerprint density at radius 2 is 2.18 bits per heavy atom. The predicted molar refractivity (Wildman–Crippen MR) is 45.2 cm³/mol. The fourth-order valence-electron chi connectivity index (χ4n) is 0.699. The Labute approximate surface area is 68.7 Å². The summed E-state index contributed by atoms with van der Waals surface area (Å²) in [5.41, 5.74) is 2.79. The van der Waals surface area contributed by atoms with Gasteiger partial charge in [-0.15, -0.1) is 0 Å². The summed E-state index contributed by atoms with van der Waals surface area (Å²) in [6, 6.07) is 0. The summed E-state index contributed by atoms with van der Waals surface area (Å²) in [5, 5.41) is 8.79. The van der Waals surface area contributed by atoms with Gasteiger partial charge in [0.2, 0.25) is 0 Å². The van der Waals surface area contributed by atoms with E-state index in [2.05, 4.69) is 12.4 Å². The van der Waals surface area contributed by atoms with Crippen molar-refractivity contribution in [3.05, 3.63) is 0 Å². The molecule has 11 heavy (non-hydrogen) atoms. The van der Waals surface area contributed by atoms with Gasteiger partial charge in [-0.3, -0.25) is 4.84 Å². The van der Waals surface area contributed by atoms with Crippen LogP contribution in [0.15, 0.2) is 0 Å². The second kappa shape index (κ2) is 7.98. The summed E-state index contributed by atoms with van der Waals surface area (Å²) < 4.78 is 0. The third-order valence-corrected chi connectivity index (χ3v) is 1.31. The van der Waals surface area contributed by atoms with Gasteiger partial charge in [0, 0.05) is 6.54 Å². The lowest BCUT2D eigenvalue weighted by molar-refractivity contribution is -0.0131. The summed E-state index contributed by atoms with van der Waals surface area (Å²) in [4.78, 5) is 4.94. The van der Waals surface area contributed by atoms with E-state index in [1.807, 2.05) is 0 Å². The second-order valence-electron chi connectivity index (χ2n) is 2.76. The van der Waals surface area contributed by atoms with Crippen molar-refractivity contribution in [1.29, 1.82) is 0 Å². The van der Waals surface area contributed by atoms with E-state index in [0.717, 1.165) is 13.0 Å². The van der Waals surface area contributed by atoms with Crippen LogP contribution in [-0.2, 0) is 4.84 Å². The minimum Gasteiger partial charge on any atom is -0.391 e. The normalized spacial score (nSPS) is 13.4. The molecule has 68 valence electrons. The first-order valence-corrected chi connectivity index (χ1v) is 4.30. The van der Waals surface area contributed by atoms with Gasteiger partial charge in [0.05, 0.1) is 12.7 Å². The van der Waals surface area contributed by atoms with Crippen LogP contribution in [0.25, 0.3) is 0 Å². The lowest BCUT2D eigenvalue weighted by Crippen LogP contribution is -2.21. The van der Waals surface area contributed by atoms with Crippen LogP contribution in [0, 0.1) is 0 Å². The molecule has 0 rings (SSSR count). The Bertz CT molecular complexity index is 76.5. The van der Waals surface area contributed by atoms with E-state index in [1.165, 1.54) is 12.8 Å². The quantitative estimate of drug-likeness (QED) is 0.433. The van der Waals surface area contributed by atoms with Gasteiger partial charge in [-0.05, 0) is 13.3 Å². The van der Waals surface area contributed by atoms with Gasteiger partial charge < -0.3 is 5.11 Å². The molecule has 1 atom stereocenters. The molecule has 3 heteroatoms. The van der Waals surface area contributed by atoms with Crippen LogP contribution in [0.5, 0.6) is 0 Å². The number of unbranched alkanes of at least 4 members (excludes halogenated alkanes) is 2. The molecule has 0 aromatic rings. The first-order valence-electron chi connectivity index (χ1n) is 4.30. The maximum atomic E-state index is 8.79. The average Bonchev–Trinajstić information content (AvgIpc) is 1.96. The fourth-order valence-corrected chi connectivity index (χ4v) is 0.699. The smallest absolute Gasteiger partial charge is 0.0938 e. The minimum absolute atomic E-state index is 0.367. The van der Waals surface area contributed by atoms with E-state index in [1.54, 1.807) is 6.92 Å². The molecule has 0 saturated heterocycles. The van der Waals surface area contributed by atoms with Gasteiger partial charge in [0.25, 0.3) is 0 Å². The molecule has 0 bridgehead atoms. The molecule has 3 nitrogen and oxygen atoms in total. The lowest BCUT2D eigenvalue weighted by Gasteiger charge is -2.06. The number of aliphatic hydroxyl groups excluding tert-OH is 1. The van der Waals surface area contributed by atoms with Gasteiger partial charge in [-0.1, -0.05) is 19.8 Å². The Kier molecular flexibility index (Phi) is 7.89. The molecule has 0 aromatic carbocycles. The highest BCUT2D eigenvalue weighted by atomic mass is 16.6. The molecule has 0 spiro atoms. The minimum atomic E-state index is -0.381. The molecule has 2 N–H and O–H groups in total. The average molecular weight is 161 g/mol. The van der Waals surface area contributed by atoms with Gasteiger partial charge in [0.15, 0.2) is 0 Å². The van der Waals surface area contributed by atoms with Crippen LogP contribution >= 0.6 is 0 Å². The molecule has 1 unspecified atom stereocenters. The molecule has 0 aliphatic carbocycles. The molecular weight excluding hydrogens is 142 g/mol. The highest BCUT2D eigenvalue weighted by Gasteiger charge is 1.93. The van der Waals surface area contributed by atoms with Crippen molar-refractivity contribution in [3.8, 4) is 0 Å². The molecule has 0 aliphatic rings. The fraction of sp³-hybridized carbons (Fsp3) is 1.00. The van der Waals surface area contributed by atoms with E-state index < -0.39 is 0 Å². The molecule has 0 aromatic heterocycles. The van der Waals surface area contributed by atoms with E-state index in [4.69, 9.17) is 9.94 Å². The molecule has 0 aliphatic heterocycles. The van der Waals surface area contributed by atoms with E-state index in [9.17, 15) is 0 Å². The zero-order valence-electron chi connectivity index (χ0n) is 7.47. The number of hydroxylamine groups is 1. The standard InChI is InChI=1S/C8H19NO2/c1-3-4-5-6-9-11-7-8(2)10/h8-10H,3-7H2,1-2H3. The van der Waals surface area contributed by atoms with E-state index in [0.29, 0.717) is 6.61 Å². The number of hydrogen-bond donors (Lipinski definition) is 2. The van der Waals surface area contributed by atoms with E-state index >= 15 is 0 Å². The van der Waals surface area contributed by atoms with Crippen LogP contribution < -0.4 is 5.48 Å². The summed E-state index contributed by atoms with van der Waals surface area (Å²) in [6.45, 7) is 5.11. The monoisotopic (exact) mass is 161 g/mol. The molecule has 0 saturated carbocycles. The Balaban J connectivity index is 2.80. The van der Waals surface area contributed by atoms with Crippen molar-refractivity contribution < 1.29 is 9.94 Å². The summed E-state index contributed by atoms with van der Waals surface area (Å²) >= 11 is 0. The maximum absolute atomic E-state index is 8.79. The van der Waals surface area contributed by atoms with Crippen molar-refractivity contribution in [1.82, 2.24) is 5.48 Å². The number of hydrogen-bond acceptors (Lipinski definition) is 3. The third kappa shape index (κ3) is 9.88. The number of aliphatic hydroxyl groups is 1. The van der Waals surface area contributed by atoms with Crippen LogP contribution in [0.2, 0.25) is 0 Å². The van der Waals surface area contributed by atoms with Crippen molar-refractivity contribution in [2.24, 2.45) is 0 Å². The van der Waals surface area contributed by atoms with Gasteiger partial charge in [-0.2, -0.15) is 0 Å². The van der Waals surface area contributed by atoms with Gasteiger partial charge >= 0.3 is 0 Å². The van der Waals surface area contributed by atoms with Crippen LogP contribution in [0.1, 0.15) is 33.1 Å². The maximum Gasteiger partial charge on any atom is 0.0938 e. The summed E-state index contributed by atoms with van der Waals surface area (Å²) in [5.74, 6) is 0. The largest absolute Gasteiger partial charge is 0.391 e. The predicted octanol–water partition coefficient (Wildman–Crippen LogP) is 1.08. The van der Waals surface area contributed by atoms with Crippen molar-refractivity contribution >= 4 is 0 Å². The summed E-state index contributed by atoms with van der Waals surface area (Å²) in [7, 11) is 0. The first-order chi connectivity index (χ1) is 5.27. The topological polar surface area (TPSA) is 41.5 Å². The van der Waals surface area contributed by atoms with Crippen molar-refractivity contribution in [2.75, 3.05) is 13.2 Å². The number of rotatable bonds is 7. The lowest BCUT2D eigenvalue weighted by atomic mass is 10.3. The molecular formula is C8H19NO2. The molecule has 0 fully saturated rings. The zero-order chi connectivity index (χ0) is 8.53. The Hall–Kier alpha value is -0.120. The Morgan fingerprint density at radius 3 is 2.73 bits per heavy atom. The SMILES string of the molecule is CCCCCNOCC(C)O. The highest BCUT2D eigenvalue weighted by molar-refractivity contribution is 4.41. The van der Waals surface area contributed by atoms with E-state index in [-0.39, 0.29) is 6.10 Å². The van der Waals surface area contributed by atoms with Crippen molar-refractivity contribution in [2.45, 2.75) is 39.2 Å². The van der Waals surface area contributed by atoms with Crippen LogP contribution in [0.4, 0.5) is 0 Å². The number of nitrogens with one attached hydrogen (secondary N) is 1. The molecule has 0 amide bonds. The first kappa shape index (κ1) is 10.9. The van der Waals surface area contributed by atoms with Crippen LogP contribution in [0.3, 0.4) is 0 Å². The van der Waals surface area contributed by atoms with Gasteiger partial charge in [-0.25, -0.2) is 5.48 Å². The third-order valence-electron chi connectivity index (χ3n) is 1.31. The zero-order valence-corrected chi connectivity index (χ0v) is 7.47. The highest BCUT2D eigenvalue weighted by Crippen LogP contribution is 1.90. The molecule has 0 radical (unpaired) electrons. The Morgan fingerprint density at radius 1 is 1.45 bits per heavy atom.